The number of rotatable bonds is 7. The molecule has 26 heavy (non-hydrogen) atoms. The zero-order valence-electron chi connectivity index (χ0n) is 15.4. The van der Waals surface area contributed by atoms with Crippen molar-refractivity contribution in [3.05, 3.63) is 29.8 Å². The van der Waals surface area contributed by atoms with E-state index in [2.05, 4.69) is 13.8 Å². The highest BCUT2D eigenvalue weighted by Crippen LogP contribution is 2.23. The Morgan fingerprint density at radius 3 is 2.46 bits per heavy atom. The summed E-state index contributed by atoms with van der Waals surface area (Å²) < 4.78 is 10.7. The number of likely N-dealkylation sites (tertiary alicyclic amines) is 1. The summed E-state index contributed by atoms with van der Waals surface area (Å²) in [6, 6.07) is 9.02. The fourth-order valence-electron chi connectivity index (χ4n) is 3.22. The summed E-state index contributed by atoms with van der Waals surface area (Å²) in [5, 5.41) is 8.45. The van der Waals surface area contributed by atoms with E-state index in [4.69, 9.17) is 14.7 Å². The van der Waals surface area contributed by atoms with Gasteiger partial charge in [-0.15, -0.1) is 0 Å². The van der Waals surface area contributed by atoms with Crippen LogP contribution in [0.1, 0.15) is 56.3 Å². The largest absolute Gasteiger partial charge is 0.484 e. The van der Waals surface area contributed by atoms with Crippen LogP contribution in [-0.4, -0.2) is 42.1 Å². The molecule has 2 rings (SSSR count). The standard InChI is InChI=1S/C20H26N2O4/c1-15-6-5-7-16(2)22(15)19(23)14-26-18-10-8-17(9-11-18)20(24)25-13-4-3-12-21/h8-11,15-16H,3-7,13-14H2,1-2H3/t15-,16-/m0/s1. The predicted molar refractivity (Wildman–Crippen MR) is 96.7 cm³/mol. The number of carbonyl (C=O) groups is 2. The van der Waals surface area contributed by atoms with Gasteiger partial charge in [0, 0.05) is 18.5 Å². The predicted octanol–water partition coefficient (Wildman–Crippen LogP) is 3.32. The second-order valence-electron chi connectivity index (χ2n) is 6.64. The Balaban J connectivity index is 1.82. The van der Waals surface area contributed by atoms with E-state index in [1.807, 2.05) is 11.0 Å². The zero-order chi connectivity index (χ0) is 18.9. The van der Waals surface area contributed by atoms with E-state index in [9.17, 15) is 9.59 Å². The number of hydrogen-bond donors (Lipinski definition) is 0. The van der Waals surface area contributed by atoms with Crippen molar-refractivity contribution in [1.29, 1.82) is 5.26 Å². The molecule has 0 spiro atoms. The normalized spacial score (nSPS) is 19.5. The molecule has 1 aliphatic heterocycles. The van der Waals surface area contributed by atoms with Crippen LogP contribution in [0.2, 0.25) is 0 Å². The number of piperidine rings is 1. The average molecular weight is 358 g/mol. The molecule has 1 aromatic rings. The van der Waals surface area contributed by atoms with E-state index in [1.165, 1.54) is 0 Å². The van der Waals surface area contributed by atoms with Crippen LogP contribution in [0.5, 0.6) is 5.75 Å². The second kappa shape index (κ2) is 9.81. The fraction of sp³-hybridized carbons (Fsp3) is 0.550. The Labute approximate surface area is 154 Å². The summed E-state index contributed by atoms with van der Waals surface area (Å²) in [7, 11) is 0. The van der Waals surface area contributed by atoms with Gasteiger partial charge in [0.15, 0.2) is 6.61 Å². The summed E-state index contributed by atoms with van der Waals surface area (Å²) in [5.74, 6) is 0.101. The van der Waals surface area contributed by atoms with Crippen molar-refractivity contribution < 1.29 is 19.1 Å². The number of amides is 1. The lowest BCUT2D eigenvalue weighted by molar-refractivity contribution is -0.139. The van der Waals surface area contributed by atoms with E-state index in [0.717, 1.165) is 19.3 Å². The smallest absolute Gasteiger partial charge is 0.338 e. The van der Waals surface area contributed by atoms with Crippen LogP contribution in [0.25, 0.3) is 0 Å². The molecule has 0 radical (unpaired) electrons. The minimum atomic E-state index is -0.429. The summed E-state index contributed by atoms with van der Waals surface area (Å²) in [5.41, 5.74) is 0.416. The summed E-state index contributed by atoms with van der Waals surface area (Å²) in [4.78, 5) is 26.2. The number of ether oxygens (including phenoxy) is 2. The van der Waals surface area contributed by atoms with Crippen LogP contribution in [0.15, 0.2) is 24.3 Å². The molecule has 1 saturated heterocycles. The second-order valence-corrected chi connectivity index (χ2v) is 6.64. The van der Waals surface area contributed by atoms with E-state index in [-0.39, 0.29) is 31.2 Å². The Hall–Kier alpha value is -2.55. The first-order chi connectivity index (χ1) is 12.5. The Morgan fingerprint density at radius 1 is 1.19 bits per heavy atom. The minimum absolute atomic E-state index is 0.00731. The third kappa shape index (κ3) is 5.48. The molecule has 0 unspecified atom stereocenters. The maximum Gasteiger partial charge on any atom is 0.338 e. The number of nitriles is 1. The van der Waals surface area contributed by atoms with Crippen molar-refractivity contribution in [1.82, 2.24) is 4.90 Å². The molecule has 1 aliphatic rings. The molecule has 6 nitrogen and oxygen atoms in total. The van der Waals surface area contributed by atoms with Crippen LogP contribution in [-0.2, 0) is 9.53 Å². The van der Waals surface area contributed by atoms with Crippen molar-refractivity contribution in [2.24, 2.45) is 0 Å². The number of hydrogen-bond acceptors (Lipinski definition) is 5. The zero-order valence-corrected chi connectivity index (χ0v) is 15.4. The highest BCUT2D eigenvalue weighted by atomic mass is 16.5. The number of carbonyl (C=O) groups excluding carboxylic acids is 2. The fourth-order valence-corrected chi connectivity index (χ4v) is 3.22. The van der Waals surface area contributed by atoms with Crippen molar-refractivity contribution >= 4 is 11.9 Å². The van der Waals surface area contributed by atoms with E-state index in [1.54, 1.807) is 24.3 Å². The lowest BCUT2D eigenvalue weighted by Gasteiger charge is -2.38. The minimum Gasteiger partial charge on any atom is -0.484 e. The SMILES string of the molecule is C[C@H]1CCC[C@H](C)N1C(=O)COc1ccc(C(=O)OCCCC#N)cc1. The van der Waals surface area contributed by atoms with Gasteiger partial charge in [-0.2, -0.15) is 5.26 Å². The molecule has 1 fully saturated rings. The van der Waals surface area contributed by atoms with E-state index < -0.39 is 5.97 Å². The third-order valence-corrected chi connectivity index (χ3v) is 4.60. The molecule has 0 aromatic heterocycles. The first kappa shape index (κ1) is 19.8. The van der Waals surface area contributed by atoms with Gasteiger partial charge >= 0.3 is 5.97 Å². The monoisotopic (exact) mass is 358 g/mol. The van der Waals surface area contributed by atoms with Crippen LogP contribution in [0.3, 0.4) is 0 Å². The van der Waals surface area contributed by atoms with Gasteiger partial charge in [0.1, 0.15) is 5.75 Å². The van der Waals surface area contributed by atoms with E-state index >= 15 is 0 Å². The van der Waals surface area contributed by atoms with Crippen LogP contribution < -0.4 is 4.74 Å². The maximum atomic E-state index is 12.4. The molecule has 0 saturated carbocycles. The van der Waals surface area contributed by atoms with Gasteiger partial charge in [-0.05, 0) is 63.8 Å². The quantitative estimate of drug-likeness (QED) is 0.552. The van der Waals surface area contributed by atoms with Gasteiger partial charge in [0.05, 0.1) is 18.2 Å². The molecule has 1 heterocycles. The van der Waals surface area contributed by atoms with Gasteiger partial charge < -0.3 is 14.4 Å². The van der Waals surface area contributed by atoms with E-state index in [0.29, 0.717) is 24.2 Å². The molecule has 1 aromatic carbocycles. The number of benzene rings is 1. The topological polar surface area (TPSA) is 79.6 Å². The molecular weight excluding hydrogens is 332 g/mol. The third-order valence-electron chi connectivity index (χ3n) is 4.60. The number of nitrogens with zero attached hydrogens (tertiary/aromatic N) is 2. The molecule has 1 amide bonds. The summed E-state index contributed by atoms with van der Waals surface area (Å²) >= 11 is 0. The maximum absolute atomic E-state index is 12.4. The molecule has 140 valence electrons. The van der Waals surface area contributed by atoms with Crippen molar-refractivity contribution in [2.75, 3.05) is 13.2 Å². The Kier molecular flexibility index (Phi) is 7.46. The first-order valence-electron chi connectivity index (χ1n) is 9.11. The van der Waals surface area contributed by atoms with Gasteiger partial charge in [0.2, 0.25) is 0 Å². The van der Waals surface area contributed by atoms with Gasteiger partial charge in [0.25, 0.3) is 5.91 Å². The Bertz CT molecular complexity index is 641. The lowest BCUT2D eigenvalue weighted by atomic mass is 9.97. The van der Waals surface area contributed by atoms with Crippen LogP contribution >= 0.6 is 0 Å². The molecular formula is C20H26N2O4. The molecule has 2 atom stereocenters. The number of unbranched alkanes of at least 4 members (excludes halogenated alkanes) is 1. The summed E-state index contributed by atoms with van der Waals surface area (Å²) in [6.45, 7) is 4.37. The van der Waals surface area contributed by atoms with Crippen molar-refractivity contribution in [2.45, 2.75) is 58.0 Å². The van der Waals surface area contributed by atoms with Crippen LogP contribution in [0.4, 0.5) is 0 Å². The highest BCUT2D eigenvalue weighted by Gasteiger charge is 2.28. The first-order valence-corrected chi connectivity index (χ1v) is 9.11. The average Bonchev–Trinajstić information content (AvgIpc) is 2.63. The molecule has 0 N–H and O–H groups in total. The van der Waals surface area contributed by atoms with Crippen LogP contribution in [0, 0.1) is 11.3 Å². The van der Waals surface area contributed by atoms with Crippen molar-refractivity contribution in [3.8, 4) is 11.8 Å². The van der Waals surface area contributed by atoms with Gasteiger partial charge in [-0.25, -0.2) is 4.79 Å². The molecule has 6 heteroatoms. The molecule has 0 bridgehead atoms. The number of esters is 1. The lowest BCUT2D eigenvalue weighted by Crippen LogP contribution is -2.49. The highest BCUT2D eigenvalue weighted by molar-refractivity contribution is 5.89. The van der Waals surface area contributed by atoms with Gasteiger partial charge in [-0.1, -0.05) is 0 Å². The van der Waals surface area contributed by atoms with Gasteiger partial charge in [-0.3, -0.25) is 4.79 Å². The van der Waals surface area contributed by atoms with Crippen molar-refractivity contribution in [3.63, 3.8) is 0 Å². The summed E-state index contributed by atoms with van der Waals surface area (Å²) in [6.07, 6.45) is 4.10. The Morgan fingerprint density at radius 2 is 1.85 bits per heavy atom. The molecule has 0 aliphatic carbocycles.